The number of hydrogen-bond donors (Lipinski definition) is 1. The average Bonchev–Trinajstić information content (AvgIpc) is 3.65. The number of benzene rings is 3. The lowest BCUT2D eigenvalue weighted by molar-refractivity contribution is -0.384. The molecule has 1 fully saturated rings. The van der Waals surface area contributed by atoms with E-state index in [0.29, 0.717) is 48.9 Å². The topological polar surface area (TPSA) is 119 Å². The van der Waals surface area contributed by atoms with Gasteiger partial charge < -0.3 is 15.0 Å². The minimum Gasteiger partial charge on any atom is -0.497 e. The van der Waals surface area contributed by atoms with Gasteiger partial charge in [0.2, 0.25) is 0 Å². The van der Waals surface area contributed by atoms with Gasteiger partial charge in [0.1, 0.15) is 11.4 Å². The Hall–Kier alpha value is -5.03. The van der Waals surface area contributed by atoms with Gasteiger partial charge in [-0.1, -0.05) is 47.7 Å². The first-order valence-electron chi connectivity index (χ1n) is 13.9. The van der Waals surface area contributed by atoms with Gasteiger partial charge in [-0.05, 0) is 67.3 Å². The number of hydrogen-bond acceptors (Lipinski definition) is 8. The van der Waals surface area contributed by atoms with Crippen LogP contribution in [-0.2, 0) is 4.79 Å². The first-order valence-corrected chi connectivity index (χ1v) is 14.7. The van der Waals surface area contributed by atoms with Crippen LogP contribution in [0.15, 0.2) is 93.9 Å². The fourth-order valence-electron chi connectivity index (χ4n) is 5.59. The van der Waals surface area contributed by atoms with Gasteiger partial charge in [0.25, 0.3) is 17.2 Å². The zero-order valence-corrected chi connectivity index (χ0v) is 24.5. The Labute approximate surface area is 251 Å². The number of para-hydroxylation sites is 1. The molecule has 1 N–H and O–H groups in total. The quantitative estimate of drug-likeness (QED) is 0.250. The molecule has 3 aromatic carbocycles. The highest BCUT2D eigenvalue weighted by Crippen LogP contribution is 2.33. The highest BCUT2D eigenvalue weighted by molar-refractivity contribution is 7.07. The fraction of sp³-hybridized carbons (Fsp3) is 0.219. The second-order valence-electron chi connectivity index (χ2n) is 10.4. The Morgan fingerprint density at radius 3 is 2.49 bits per heavy atom. The Balaban J connectivity index is 1.46. The molecule has 3 heterocycles. The minimum absolute atomic E-state index is 0.00949. The van der Waals surface area contributed by atoms with E-state index in [1.165, 1.54) is 22.0 Å². The molecule has 11 heteroatoms. The summed E-state index contributed by atoms with van der Waals surface area (Å²) in [5, 5.41) is 14.9. The smallest absolute Gasteiger partial charge is 0.293 e. The minimum atomic E-state index is -0.750. The summed E-state index contributed by atoms with van der Waals surface area (Å²) in [5.41, 5.74) is 2.98. The molecule has 43 heavy (non-hydrogen) atoms. The molecular formula is C32H29N5O5S. The third-order valence-corrected chi connectivity index (χ3v) is 8.65. The molecule has 2 aliphatic heterocycles. The van der Waals surface area contributed by atoms with Gasteiger partial charge >= 0.3 is 0 Å². The van der Waals surface area contributed by atoms with Crippen molar-refractivity contribution in [2.45, 2.75) is 25.8 Å². The summed E-state index contributed by atoms with van der Waals surface area (Å²) in [6.45, 7) is 3.32. The predicted octanol–water partition coefficient (Wildman–Crippen LogP) is 4.39. The molecule has 218 valence electrons. The summed E-state index contributed by atoms with van der Waals surface area (Å²) in [7, 11) is 1.57. The van der Waals surface area contributed by atoms with E-state index in [-0.39, 0.29) is 22.1 Å². The van der Waals surface area contributed by atoms with Crippen LogP contribution in [0, 0.1) is 10.1 Å². The molecule has 1 amide bonds. The van der Waals surface area contributed by atoms with Gasteiger partial charge in [0.15, 0.2) is 4.80 Å². The van der Waals surface area contributed by atoms with Gasteiger partial charge in [-0.15, -0.1) is 0 Å². The largest absolute Gasteiger partial charge is 0.497 e. The van der Waals surface area contributed by atoms with E-state index >= 15 is 0 Å². The van der Waals surface area contributed by atoms with Crippen molar-refractivity contribution < 1.29 is 14.5 Å². The summed E-state index contributed by atoms with van der Waals surface area (Å²) >= 11 is 1.19. The molecule has 0 aliphatic carbocycles. The van der Waals surface area contributed by atoms with E-state index in [1.54, 1.807) is 56.5 Å². The Morgan fingerprint density at radius 1 is 1.09 bits per heavy atom. The van der Waals surface area contributed by atoms with Crippen molar-refractivity contribution >= 4 is 40.4 Å². The lowest BCUT2D eigenvalue weighted by Gasteiger charge is -2.25. The SMILES string of the molecule is COc1ccc([C@H]2C(C(=O)Nc3ccccc3)=C(C)N=c3s/c(=C\c4ccc(N5CCCC5)c([N+](=O)[O-])c4)c(=O)n32)cc1. The third kappa shape index (κ3) is 5.46. The molecule has 0 spiro atoms. The van der Waals surface area contributed by atoms with E-state index in [1.807, 2.05) is 35.2 Å². The van der Waals surface area contributed by atoms with Gasteiger partial charge in [0.05, 0.1) is 33.9 Å². The Bertz CT molecular complexity index is 1920. The van der Waals surface area contributed by atoms with Crippen molar-refractivity contribution in [2.75, 3.05) is 30.4 Å². The Morgan fingerprint density at radius 2 is 1.81 bits per heavy atom. The summed E-state index contributed by atoms with van der Waals surface area (Å²) in [6, 6.07) is 20.6. The van der Waals surface area contributed by atoms with E-state index in [4.69, 9.17) is 4.74 Å². The molecule has 6 rings (SSSR count). The highest BCUT2D eigenvalue weighted by atomic mass is 32.1. The first-order chi connectivity index (χ1) is 20.8. The molecule has 2 aliphatic rings. The number of thiazole rings is 1. The number of carbonyl (C=O) groups excluding carboxylic acids is 1. The zero-order chi connectivity index (χ0) is 30.1. The standard InChI is InChI=1S/C32H29N5O5S/c1-20-28(30(38)34-23-8-4-3-5-9-23)29(22-11-13-24(42-2)14-12-22)36-31(39)27(43-32(36)33-20)19-21-10-15-25(26(18-21)37(40)41)35-16-6-7-17-35/h3-5,8-15,18-19,29H,6-7,16-17H2,1-2H3,(H,34,38)/b27-19-/t29-/m0/s1. The van der Waals surface area contributed by atoms with Crippen LogP contribution in [0.4, 0.5) is 17.1 Å². The molecule has 1 aromatic heterocycles. The number of anilines is 2. The second kappa shape index (κ2) is 11.7. The number of allylic oxidation sites excluding steroid dienone is 1. The maximum absolute atomic E-state index is 14.0. The Kier molecular flexibility index (Phi) is 7.64. The van der Waals surface area contributed by atoms with Crippen LogP contribution in [0.5, 0.6) is 5.75 Å². The average molecular weight is 596 g/mol. The van der Waals surface area contributed by atoms with Gasteiger partial charge in [-0.25, -0.2) is 4.99 Å². The van der Waals surface area contributed by atoms with Gasteiger partial charge in [-0.3, -0.25) is 24.3 Å². The molecule has 4 aromatic rings. The van der Waals surface area contributed by atoms with Crippen LogP contribution in [-0.4, -0.2) is 35.6 Å². The van der Waals surface area contributed by atoms with Crippen molar-refractivity contribution in [3.8, 4) is 5.75 Å². The first kappa shape index (κ1) is 28.1. The summed E-state index contributed by atoms with van der Waals surface area (Å²) in [6.07, 6.45) is 3.65. The number of carbonyl (C=O) groups is 1. The second-order valence-corrected chi connectivity index (χ2v) is 11.4. The number of amides is 1. The van der Waals surface area contributed by atoms with Crippen molar-refractivity contribution in [2.24, 2.45) is 4.99 Å². The summed E-state index contributed by atoms with van der Waals surface area (Å²) in [5.74, 6) is 0.279. The predicted molar refractivity (Wildman–Crippen MR) is 166 cm³/mol. The van der Waals surface area contributed by atoms with E-state index in [9.17, 15) is 19.7 Å². The molecule has 1 atom stereocenters. The molecule has 0 unspecified atom stereocenters. The number of nitrogens with one attached hydrogen (secondary N) is 1. The summed E-state index contributed by atoms with van der Waals surface area (Å²) in [4.78, 5) is 46.4. The summed E-state index contributed by atoms with van der Waals surface area (Å²) < 4.78 is 7.21. The number of ether oxygens (including phenoxy) is 1. The van der Waals surface area contributed by atoms with Gasteiger partial charge in [0, 0.05) is 24.8 Å². The van der Waals surface area contributed by atoms with E-state index < -0.39 is 6.04 Å². The number of nitro groups is 1. The molecule has 10 nitrogen and oxygen atoms in total. The van der Waals surface area contributed by atoms with Crippen LogP contribution < -0.4 is 29.8 Å². The van der Waals surface area contributed by atoms with Crippen molar-refractivity contribution in [1.82, 2.24) is 4.57 Å². The molecular weight excluding hydrogens is 566 g/mol. The van der Waals surface area contributed by atoms with Crippen LogP contribution in [0.3, 0.4) is 0 Å². The molecule has 0 bridgehead atoms. The number of nitro benzene ring substituents is 1. The van der Waals surface area contributed by atoms with E-state index in [2.05, 4.69) is 10.3 Å². The fourth-order valence-corrected chi connectivity index (χ4v) is 6.63. The monoisotopic (exact) mass is 595 g/mol. The van der Waals surface area contributed by atoms with Crippen LogP contribution >= 0.6 is 11.3 Å². The van der Waals surface area contributed by atoms with Crippen molar-refractivity contribution in [1.29, 1.82) is 0 Å². The number of fused-ring (bicyclic) bond motifs is 1. The number of methoxy groups -OCH3 is 1. The van der Waals surface area contributed by atoms with Crippen molar-refractivity contribution in [3.63, 3.8) is 0 Å². The number of nitrogens with zero attached hydrogens (tertiary/aromatic N) is 4. The zero-order valence-electron chi connectivity index (χ0n) is 23.6. The molecule has 1 saturated heterocycles. The lowest BCUT2D eigenvalue weighted by Crippen LogP contribution is -2.40. The van der Waals surface area contributed by atoms with E-state index in [0.717, 1.165) is 25.9 Å². The lowest BCUT2D eigenvalue weighted by atomic mass is 9.95. The maximum Gasteiger partial charge on any atom is 0.293 e. The van der Waals surface area contributed by atoms with Crippen LogP contribution in [0.2, 0.25) is 0 Å². The maximum atomic E-state index is 14.0. The van der Waals surface area contributed by atoms with Crippen molar-refractivity contribution in [3.05, 3.63) is 125 Å². The molecule has 0 radical (unpaired) electrons. The highest BCUT2D eigenvalue weighted by Gasteiger charge is 2.32. The number of aromatic nitrogens is 1. The molecule has 0 saturated carbocycles. The number of rotatable bonds is 7. The third-order valence-electron chi connectivity index (χ3n) is 7.67. The van der Waals surface area contributed by atoms with Crippen LogP contribution in [0.1, 0.15) is 36.9 Å². The van der Waals surface area contributed by atoms with Gasteiger partial charge in [-0.2, -0.15) is 0 Å². The normalized spacial score (nSPS) is 16.6. The van der Waals surface area contributed by atoms with Crippen LogP contribution in [0.25, 0.3) is 6.08 Å².